The van der Waals surface area contributed by atoms with Gasteiger partial charge in [-0.3, -0.25) is 0 Å². The van der Waals surface area contributed by atoms with Crippen molar-refractivity contribution in [1.29, 1.82) is 0 Å². The summed E-state index contributed by atoms with van der Waals surface area (Å²) < 4.78 is 0. The molecule has 156 valence electrons. The van der Waals surface area contributed by atoms with Crippen molar-refractivity contribution in [2.45, 2.75) is 52.3 Å². The maximum atomic E-state index is 5.71. The lowest BCUT2D eigenvalue weighted by Gasteiger charge is -2.39. The van der Waals surface area contributed by atoms with Crippen molar-refractivity contribution < 1.29 is 0 Å². The monoisotopic (exact) mass is 444 g/mol. The van der Waals surface area contributed by atoms with Crippen LogP contribution in [0.5, 0.6) is 0 Å². The van der Waals surface area contributed by atoms with Crippen LogP contribution in [-0.2, 0) is 0 Å². The Morgan fingerprint density at radius 2 is 0.966 bits per heavy atom. The second kappa shape index (κ2) is 10.1. The minimum absolute atomic E-state index is 0.00303. The highest BCUT2D eigenvalue weighted by Gasteiger charge is 2.34. The van der Waals surface area contributed by atoms with Crippen LogP contribution >= 0.6 is 36.2 Å². The summed E-state index contributed by atoms with van der Waals surface area (Å²) in [7, 11) is 0. The fraction of sp³-hybridized carbons (Fsp3) is 0.417. The first-order valence-electron chi connectivity index (χ1n) is 9.86. The van der Waals surface area contributed by atoms with Crippen molar-refractivity contribution >= 4 is 46.2 Å². The van der Waals surface area contributed by atoms with Crippen molar-refractivity contribution in [2.75, 3.05) is 0 Å². The lowest BCUT2D eigenvalue weighted by atomic mass is 9.95. The summed E-state index contributed by atoms with van der Waals surface area (Å²) in [5, 5.41) is 7.43. The number of thioether (sulfide) groups is 1. The van der Waals surface area contributed by atoms with E-state index in [4.69, 9.17) is 24.4 Å². The molecule has 0 aliphatic carbocycles. The van der Waals surface area contributed by atoms with Gasteiger partial charge in [-0.05, 0) is 10.8 Å². The fourth-order valence-corrected chi connectivity index (χ4v) is 4.75. The molecule has 2 nitrogen and oxygen atoms in total. The van der Waals surface area contributed by atoms with Crippen molar-refractivity contribution in [2.24, 2.45) is 10.8 Å². The van der Waals surface area contributed by atoms with Gasteiger partial charge in [0.25, 0.3) is 0 Å². The maximum Gasteiger partial charge on any atom is 0.107 e. The van der Waals surface area contributed by atoms with Crippen LogP contribution in [0.4, 0.5) is 0 Å². The highest BCUT2D eigenvalue weighted by atomic mass is 32.2. The van der Waals surface area contributed by atoms with Gasteiger partial charge in [-0.2, -0.15) is 0 Å². The third-order valence-corrected chi connectivity index (χ3v) is 7.34. The Morgan fingerprint density at radius 1 is 0.655 bits per heavy atom. The summed E-state index contributed by atoms with van der Waals surface area (Å²) in [6.45, 7) is 13.4. The van der Waals surface area contributed by atoms with E-state index in [1.807, 2.05) is 72.4 Å². The molecule has 0 fully saturated rings. The number of nitrogens with one attached hydrogen (secondary N) is 2. The Morgan fingerprint density at radius 3 is 1.24 bits per heavy atom. The van der Waals surface area contributed by atoms with E-state index in [-0.39, 0.29) is 21.6 Å². The molecule has 5 heteroatoms. The second-order valence-electron chi connectivity index (χ2n) is 9.31. The minimum atomic E-state index is 0.00303. The van der Waals surface area contributed by atoms with Crippen molar-refractivity contribution in [3.05, 3.63) is 71.8 Å². The second-order valence-corrected chi connectivity index (χ2v) is 11.3. The summed E-state index contributed by atoms with van der Waals surface area (Å²) in [5.74, 6) is 0. The van der Waals surface area contributed by atoms with E-state index in [0.29, 0.717) is 0 Å². The van der Waals surface area contributed by atoms with Gasteiger partial charge in [0, 0.05) is 11.1 Å². The molecule has 0 aliphatic rings. The van der Waals surface area contributed by atoms with E-state index in [9.17, 15) is 0 Å². The van der Waals surface area contributed by atoms with Crippen LogP contribution in [0.25, 0.3) is 0 Å². The molecule has 0 heterocycles. The van der Waals surface area contributed by atoms with Crippen LogP contribution in [-0.4, -0.2) is 20.7 Å². The molecule has 0 spiro atoms. The zero-order chi connectivity index (χ0) is 21.7. The molecule has 0 saturated carbocycles. The smallest absolute Gasteiger partial charge is 0.107 e. The third kappa shape index (κ3) is 7.40. The first-order valence-corrected chi connectivity index (χ1v) is 11.6. The molecule has 2 unspecified atom stereocenters. The standard InChI is InChI=1S/C24H32N2S3/c1-23(2,3)21(25-19(27)17-13-9-7-10-14-17)29-22(24(4,5)6)26-20(28)18-15-11-8-12-16-18/h7-16,21-22H,1-6H3,(H,25,27)(H,26,28). The van der Waals surface area contributed by atoms with E-state index in [0.717, 1.165) is 21.1 Å². The van der Waals surface area contributed by atoms with Crippen LogP contribution in [0.2, 0.25) is 0 Å². The SMILES string of the molecule is CC(C)(C)C(NC(=S)c1ccccc1)SC(NC(=S)c1ccccc1)C(C)(C)C. The van der Waals surface area contributed by atoms with E-state index in [1.165, 1.54) is 0 Å². The van der Waals surface area contributed by atoms with E-state index in [2.05, 4.69) is 52.2 Å². The van der Waals surface area contributed by atoms with Crippen LogP contribution in [0.1, 0.15) is 52.7 Å². The fourth-order valence-electron chi connectivity index (χ4n) is 2.63. The van der Waals surface area contributed by atoms with Gasteiger partial charge in [-0.1, -0.05) is 127 Å². The lowest BCUT2D eigenvalue weighted by Crippen LogP contribution is -2.48. The predicted molar refractivity (Wildman–Crippen MR) is 137 cm³/mol. The Hall–Kier alpha value is -1.43. The van der Waals surface area contributed by atoms with Crippen LogP contribution in [0.15, 0.2) is 60.7 Å². The van der Waals surface area contributed by atoms with Gasteiger partial charge in [-0.25, -0.2) is 0 Å². The summed E-state index contributed by atoms with van der Waals surface area (Å²) in [6.07, 6.45) is 0. The first kappa shape index (κ1) is 23.8. The van der Waals surface area contributed by atoms with Crippen molar-refractivity contribution in [1.82, 2.24) is 10.6 Å². The molecule has 2 rings (SSSR count). The lowest BCUT2D eigenvalue weighted by molar-refractivity contribution is 0.356. The predicted octanol–water partition coefficient (Wildman–Crippen LogP) is 6.39. The van der Waals surface area contributed by atoms with Crippen LogP contribution in [0, 0.1) is 10.8 Å². The molecule has 0 saturated heterocycles. The molecular formula is C24H32N2S3. The zero-order valence-corrected chi connectivity index (χ0v) is 20.6. The normalized spacial score (nSPS) is 14.0. The molecule has 0 aliphatic heterocycles. The average molecular weight is 445 g/mol. The molecule has 0 bridgehead atoms. The summed E-state index contributed by atoms with van der Waals surface area (Å²) in [4.78, 5) is 1.55. The molecule has 2 aromatic rings. The van der Waals surface area contributed by atoms with Crippen LogP contribution in [0.3, 0.4) is 0 Å². The summed E-state index contributed by atoms with van der Waals surface area (Å²) in [6, 6.07) is 20.3. The quantitative estimate of drug-likeness (QED) is 0.397. The molecule has 2 N–H and O–H groups in total. The Kier molecular flexibility index (Phi) is 8.27. The molecule has 0 aromatic heterocycles. The maximum absolute atomic E-state index is 5.71. The van der Waals surface area contributed by atoms with E-state index >= 15 is 0 Å². The van der Waals surface area contributed by atoms with Crippen molar-refractivity contribution in [3.63, 3.8) is 0 Å². The summed E-state index contributed by atoms with van der Waals surface area (Å²) >= 11 is 13.3. The molecule has 2 aromatic carbocycles. The van der Waals surface area contributed by atoms with Gasteiger partial charge >= 0.3 is 0 Å². The average Bonchev–Trinajstić information content (AvgIpc) is 2.66. The molecule has 0 radical (unpaired) electrons. The number of benzene rings is 2. The molecule has 2 atom stereocenters. The zero-order valence-electron chi connectivity index (χ0n) is 18.2. The van der Waals surface area contributed by atoms with Gasteiger partial charge in [-0.15, -0.1) is 11.8 Å². The van der Waals surface area contributed by atoms with Gasteiger partial charge in [0.05, 0.1) is 10.7 Å². The highest BCUT2D eigenvalue weighted by molar-refractivity contribution is 8.00. The van der Waals surface area contributed by atoms with Crippen molar-refractivity contribution in [3.8, 4) is 0 Å². The van der Waals surface area contributed by atoms with E-state index in [1.54, 1.807) is 0 Å². The molecule has 0 amide bonds. The van der Waals surface area contributed by atoms with E-state index < -0.39 is 0 Å². The Labute approximate surface area is 191 Å². The minimum Gasteiger partial charge on any atom is -0.363 e. The number of hydrogen-bond acceptors (Lipinski definition) is 3. The molecular weight excluding hydrogens is 412 g/mol. The molecule has 29 heavy (non-hydrogen) atoms. The highest BCUT2D eigenvalue weighted by Crippen LogP contribution is 2.37. The van der Waals surface area contributed by atoms with Gasteiger partial charge in [0.2, 0.25) is 0 Å². The Balaban J connectivity index is 2.20. The topological polar surface area (TPSA) is 24.1 Å². The van der Waals surface area contributed by atoms with Gasteiger partial charge in [0.15, 0.2) is 0 Å². The largest absolute Gasteiger partial charge is 0.363 e. The first-order chi connectivity index (χ1) is 13.5. The summed E-state index contributed by atoms with van der Waals surface area (Å²) in [5.41, 5.74) is 2.08. The van der Waals surface area contributed by atoms with Gasteiger partial charge < -0.3 is 10.6 Å². The van der Waals surface area contributed by atoms with Gasteiger partial charge in [0.1, 0.15) is 9.98 Å². The number of rotatable bonds is 6. The number of thiocarbonyl (C=S) groups is 2. The third-order valence-electron chi connectivity index (χ3n) is 4.44. The number of hydrogen-bond donors (Lipinski definition) is 2. The van der Waals surface area contributed by atoms with Crippen LogP contribution < -0.4 is 10.6 Å². The Bertz CT molecular complexity index is 736.